The van der Waals surface area contributed by atoms with Crippen molar-refractivity contribution in [3.63, 3.8) is 0 Å². The largest absolute Gasteiger partial charge is 0.508 e. The summed E-state index contributed by atoms with van der Waals surface area (Å²) in [5.74, 6) is -1.78. The highest BCUT2D eigenvalue weighted by Crippen LogP contribution is 2.16. The van der Waals surface area contributed by atoms with Crippen LogP contribution in [0.15, 0.2) is 66.1 Å². The highest BCUT2D eigenvalue weighted by molar-refractivity contribution is 6.28. The molecule has 0 bridgehead atoms. The van der Waals surface area contributed by atoms with Gasteiger partial charge in [0.15, 0.2) is 0 Å². The lowest BCUT2D eigenvalue weighted by Gasteiger charge is -2.28. The number of aliphatic hydroxyl groups is 1. The standard InChI is InChI=1S/C18H19N3O4/c1-19(13-8-5-4-6-9-13)11-7-10-14(22)12-15-16(23)20(2)18(25)21(3)17(15)24/h4-12,22H,1-3H3/b11-7+,14-10-. The van der Waals surface area contributed by atoms with Crippen LogP contribution in [0.25, 0.3) is 0 Å². The van der Waals surface area contributed by atoms with Crippen molar-refractivity contribution in [1.82, 2.24) is 9.80 Å². The number of imide groups is 2. The SMILES string of the molecule is CN1C(=O)C(=C/C(O)=C/C=C/N(C)c2ccccc2)C(=O)N(C)C1=O. The summed E-state index contributed by atoms with van der Waals surface area (Å²) in [5.41, 5.74) is 0.688. The molecule has 2 rings (SSSR count). The number of carbonyl (C=O) groups excluding carboxylic acids is 3. The fourth-order valence-electron chi connectivity index (χ4n) is 2.19. The van der Waals surface area contributed by atoms with Crippen LogP contribution in [0.5, 0.6) is 0 Å². The van der Waals surface area contributed by atoms with E-state index in [4.69, 9.17) is 0 Å². The van der Waals surface area contributed by atoms with Crippen LogP contribution in [-0.2, 0) is 9.59 Å². The van der Waals surface area contributed by atoms with Gasteiger partial charge < -0.3 is 10.0 Å². The number of hydrogen-bond acceptors (Lipinski definition) is 5. The molecule has 1 N–H and O–H groups in total. The molecule has 7 nitrogen and oxygen atoms in total. The quantitative estimate of drug-likeness (QED) is 0.392. The van der Waals surface area contributed by atoms with Gasteiger partial charge in [-0.2, -0.15) is 0 Å². The summed E-state index contributed by atoms with van der Waals surface area (Å²) in [4.78, 5) is 39.2. The first-order valence-corrected chi connectivity index (χ1v) is 7.50. The molecule has 130 valence electrons. The van der Waals surface area contributed by atoms with Crippen molar-refractivity contribution in [3.8, 4) is 0 Å². The number of anilines is 1. The molecule has 7 heteroatoms. The van der Waals surface area contributed by atoms with Gasteiger partial charge in [-0.05, 0) is 30.4 Å². The van der Waals surface area contributed by atoms with E-state index < -0.39 is 17.8 Å². The molecule has 0 saturated carbocycles. The Balaban J connectivity index is 2.15. The predicted molar refractivity (Wildman–Crippen MR) is 93.7 cm³/mol. The van der Waals surface area contributed by atoms with E-state index >= 15 is 0 Å². The maximum atomic E-state index is 12.0. The minimum atomic E-state index is -0.751. The number of aliphatic hydroxyl groups excluding tert-OH is 1. The Bertz CT molecular complexity index is 755. The summed E-state index contributed by atoms with van der Waals surface area (Å²) >= 11 is 0. The third kappa shape index (κ3) is 3.95. The molecular formula is C18H19N3O4. The number of benzene rings is 1. The second kappa shape index (κ2) is 7.48. The van der Waals surface area contributed by atoms with Crippen LogP contribution in [0.4, 0.5) is 10.5 Å². The second-order valence-electron chi connectivity index (χ2n) is 5.45. The molecule has 0 atom stereocenters. The van der Waals surface area contributed by atoms with Crippen LogP contribution in [-0.4, -0.2) is 53.9 Å². The maximum absolute atomic E-state index is 12.0. The number of amides is 4. The Morgan fingerprint density at radius 2 is 1.60 bits per heavy atom. The Kier molecular flexibility index (Phi) is 5.38. The first-order valence-electron chi connectivity index (χ1n) is 7.50. The zero-order chi connectivity index (χ0) is 18.6. The lowest BCUT2D eigenvalue weighted by atomic mass is 10.1. The van der Waals surface area contributed by atoms with E-state index in [-0.39, 0.29) is 11.3 Å². The molecule has 0 spiro atoms. The van der Waals surface area contributed by atoms with Gasteiger partial charge in [-0.3, -0.25) is 19.4 Å². The molecule has 0 unspecified atom stereocenters. The van der Waals surface area contributed by atoms with Gasteiger partial charge in [-0.15, -0.1) is 0 Å². The summed E-state index contributed by atoms with van der Waals surface area (Å²) in [6.07, 6.45) is 5.70. The molecule has 4 amide bonds. The summed E-state index contributed by atoms with van der Waals surface area (Å²) in [6, 6.07) is 8.88. The van der Waals surface area contributed by atoms with E-state index in [1.165, 1.54) is 20.2 Å². The number of barbiturate groups is 1. The molecule has 1 aliphatic heterocycles. The molecule has 1 saturated heterocycles. The number of rotatable bonds is 4. The lowest BCUT2D eigenvalue weighted by Crippen LogP contribution is -2.53. The molecule has 0 radical (unpaired) electrons. The van der Waals surface area contributed by atoms with Crippen LogP contribution in [0.1, 0.15) is 0 Å². The molecule has 0 aliphatic carbocycles. The summed E-state index contributed by atoms with van der Waals surface area (Å²) < 4.78 is 0. The topological polar surface area (TPSA) is 81.2 Å². The van der Waals surface area contributed by atoms with Gasteiger partial charge in [0.25, 0.3) is 11.8 Å². The fraction of sp³-hybridized carbons (Fsp3) is 0.167. The Labute approximate surface area is 145 Å². The Morgan fingerprint density at radius 3 is 2.16 bits per heavy atom. The summed E-state index contributed by atoms with van der Waals surface area (Å²) in [7, 11) is 4.40. The molecule has 1 aromatic rings. The fourth-order valence-corrected chi connectivity index (χ4v) is 2.19. The highest BCUT2D eigenvalue weighted by Gasteiger charge is 2.37. The minimum Gasteiger partial charge on any atom is -0.508 e. The average Bonchev–Trinajstić information content (AvgIpc) is 2.62. The average molecular weight is 341 g/mol. The highest BCUT2D eigenvalue weighted by atomic mass is 16.3. The number of nitrogens with zero attached hydrogens (tertiary/aromatic N) is 3. The van der Waals surface area contributed by atoms with Crippen LogP contribution in [0.2, 0.25) is 0 Å². The van der Waals surface area contributed by atoms with Crippen molar-refractivity contribution in [2.24, 2.45) is 0 Å². The number of allylic oxidation sites excluding steroid dienone is 3. The third-order valence-electron chi connectivity index (χ3n) is 3.68. The number of likely N-dealkylation sites (N-methyl/N-ethyl adjacent to an activating group) is 2. The van der Waals surface area contributed by atoms with Crippen molar-refractivity contribution < 1.29 is 19.5 Å². The maximum Gasteiger partial charge on any atom is 0.333 e. The molecule has 1 heterocycles. The second-order valence-corrected chi connectivity index (χ2v) is 5.45. The van der Waals surface area contributed by atoms with Gasteiger partial charge in [-0.25, -0.2) is 4.79 Å². The van der Waals surface area contributed by atoms with Crippen LogP contribution < -0.4 is 4.90 Å². The first-order chi connectivity index (χ1) is 11.8. The van der Waals surface area contributed by atoms with Gasteiger partial charge in [0.1, 0.15) is 11.3 Å². The lowest BCUT2D eigenvalue weighted by molar-refractivity contribution is -0.134. The van der Waals surface area contributed by atoms with Gasteiger partial charge in [-0.1, -0.05) is 18.2 Å². The Hall–Kier alpha value is -3.35. The third-order valence-corrected chi connectivity index (χ3v) is 3.68. The molecular weight excluding hydrogens is 322 g/mol. The van der Waals surface area contributed by atoms with Gasteiger partial charge in [0.2, 0.25) is 0 Å². The van der Waals surface area contributed by atoms with Gasteiger partial charge in [0, 0.05) is 33.0 Å². The molecule has 25 heavy (non-hydrogen) atoms. The van der Waals surface area contributed by atoms with Crippen molar-refractivity contribution in [1.29, 1.82) is 0 Å². The van der Waals surface area contributed by atoms with E-state index in [1.54, 1.807) is 12.3 Å². The van der Waals surface area contributed by atoms with Crippen LogP contribution >= 0.6 is 0 Å². The number of para-hydroxylation sites is 1. The summed E-state index contributed by atoms with van der Waals surface area (Å²) in [5, 5.41) is 9.95. The monoisotopic (exact) mass is 341 g/mol. The normalized spacial score (nSPS) is 16.0. The van der Waals surface area contributed by atoms with E-state index in [9.17, 15) is 19.5 Å². The number of carbonyl (C=O) groups is 3. The van der Waals surface area contributed by atoms with E-state index in [0.717, 1.165) is 21.6 Å². The zero-order valence-electron chi connectivity index (χ0n) is 14.2. The zero-order valence-corrected chi connectivity index (χ0v) is 14.2. The smallest absolute Gasteiger partial charge is 0.333 e. The molecule has 1 fully saturated rings. The molecule has 0 aromatic heterocycles. The van der Waals surface area contributed by atoms with E-state index in [0.29, 0.717) is 0 Å². The minimum absolute atomic E-state index is 0.273. The van der Waals surface area contributed by atoms with Crippen molar-refractivity contribution in [2.75, 3.05) is 26.0 Å². The predicted octanol–water partition coefficient (Wildman–Crippen LogP) is 2.06. The van der Waals surface area contributed by atoms with E-state index in [1.807, 2.05) is 42.3 Å². The van der Waals surface area contributed by atoms with Crippen molar-refractivity contribution >= 4 is 23.5 Å². The van der Waals surface area contributed by atoms with Crippen molar-refractivity contribution in [2.45, 2.75) is 0 Å². The van der Waals surface area contributed by atoms with Gasteiger partial charge in [0.05, 0.1) is 0 Å². The number of hydrogen-bond donors (Lipinski definition) is 1. The molecule has 1 aliphatic rings. The van der Waals surface area contributed by atoms with Crippen molar-refractivity contribution in [3.05, 3.63) is 66.1 Å². The van der Waals surface area contributed by atoms with Crippen LogP contribution in [0, 0.1) is 0 Å². The molecule has 1 aromatic carbocycles. The Morgan fingerprint density at radius 1 is 1.04 bits per heavy atom. The summed E-state index contributed by atoms with van der Waals surface area (Å²) in [6.45, 7) is 0. The number of urea groups is 1. The van der Waals surface area contributed by atoms with Gasteiger partial charge >= 0.3 is 6.03 Å². The van der Waals surface area contributed by atoms with Crippen LogP contribution in [0.3, 0.4) is 0 Å². The first kappa shape index (κ1) is 18.0. The van der Waals surface area contributed by atoms with E-state index in [2.05, 4.69) is 0 Å².